The summed E-state index contributed by atoms with van der Waals surface area (Å²) in [4.78, 5) is 0. The standard InChI is InChI=1S/C17H17NO/c19-14-5-6-16-13(10-14)9-12-3-1-2-4-15(12)17(16)7-8-18-11-17/h1-6,10,18-19H,7-9,11H2. The Kier molecular flexibility index (Phi) is 2.24. The lowest BCUT2D eigenvalue weighted by Gasteiger charge is -2.37. The maximum atomic E-state index is 9.75. The van der Waals surface area contributed by atoms with Gasteiger partial charge >= 0.3 is 0 Å². The Labute approximate surface area is 113 Å². The minimum Gasteiger partial charge on any atom is -0.508 e. The second-order valence-electron chi connectivity index (χ2n) is 5.68. The van der Waals surface area contributed by atoms with Gasteiger partial charge in [0.2, 0.25) is 0 Å². The van der Waals surface area contributed by atoms with Crippen LogP contribution in [0.1, 0.15) is 28.7 Å². The van der Waals surface area contributed by atoms with Crippen LogP contribution in [0.5, 0.6) is 5.75 Å². The molecule has 1 aliphatic carbocycles. The van der Waals surface area contributed by atoms with Crippen molar-refractivity contribution in [3.8, 4) is 5.75 Å². The lowest BCUT2D eigenvalue weighted by molar-refractivity contribution is 0.471. The number of phenolic OH excluding ortho intramolecular Hbond substituents is 1. The van der Waals surface area contributed by atoms with Crippen LogP contribution in [-0.4, -0.2) is 18.2 Å². The minimum absolute atomic E-state index is 0.109. The summed E-state index contributed by atoms with van der Waals surface area (Å²) in [5, 5.41) is 13.3. The van der Waals surface area contributed by atoms with Gasteiger partial charge in [0.25, 0.3) is 0 Å². The minimum atomic E-state index is 0.109. The van der Waals surface area contributed by atoms with Crippen LogP contribution in [0.25, 0.3) is 0 Å². The van der Waals surface area contributed by atoms with Gasteiger partial charge in [-0.3, -0.25) is 0 Å². The first-order valence-electron chi connectivity index (χ1n) is 6.91. The van der Waals surface area contributed by atoms with Crippen LogP contribution in [0.15, 0.2) is 42.5 Å². The summed E-state index contributed by atoms with van der Waals surface area (Å²) >= 11 is 0. The van der Waals surface area contributed by atoms with Crippen molar-refractivity contribution in [2.45, 2.75) is 18.3 Å². The van der Waals surface area contributed by atoms with Crippen LogP contribution in [0.3, 0.4) is 0 Å². The lowest BCUT2D eigenvalue weighted by atomic mass is 9.66. The van der Waals surface area contributed by atoms with Gasteiger partial charge in [0.1, 0.15) is 5.75 Å². The largest absolute Gasteiger partial charge is 0.508 e. The molecular weight excluding hydrogens is 234 g/mol. The summed E-state index contributed by atoms with van der Waals surface area (Å²) in [6.07, 6.45) is 2.07. The summed E-state index contributed by atoms with van der Waals surface area (Å²) in [5.41, 5.74) is 5.66. The van der Waals surface area contributed by atoms with Crippen LogP contribution < -0.4 is 5.32 Å². The predicted molar refractivity (Wildman–Crippen MR) is 75.6 cm³/mol. The molecule has 1 unspecified atom stereocenters. The number of aromatic hydroxyl groups is 1. The molecule has 96 valence electrons. The van der Waals surface area contributed by atoms with E-state index >= 15 is 0 Å². The van der Waals surface area contributed by atoms with E-state index in [1.807, 2.05) is 12.1 Å². The summed E-state index contributed by atoms with van der Waals surface area (Å²) in [5.74, 6) is 0.374. The van der Waals surface area contributed by atoms with E-state index in [-0.39, 0.29) is 5.41 Å². The monoisotopic (exact) mass is 251 g/mol. The van der Waals surface area contributed by atoms with Crippen molar-refractivity contribution in [3.63, 3.8) is 0 Å². The maximum Gasteiger partial charge on any atom is 0.115 e. The Hall–Kier alpha value is -1.80. The normalized spacial score (nSPS) is 24.2. The molecule has 4 rings (SSSR count). The zero-order chi connectivity index (χ0) is 12.9. The van der Waals surface area contributed by atoms with Crippen molar-refractivity contribution in [3.05, 3.63) is 64.7 Å². The second kappa shape index (κ2) is 3.84. The number of hydrogen-bond acceptors (Lipinski definition) is 2. The number of benzene rings is 2. The van der Waals surface area contributed by atoms with Crippen molar-refractivity contribution in [1.82, 2.24) is 5.32 Å². The quantitative estimate of drug-likeness (QED) is 0.754. The van der Waals surface area contributed by atoms with E-state index in [4.69, 9.17) is 0 Å². The summed E-state index contributed by atoms with van der Waals surface area (Å²) in [6.45, 7) is 2.07. The molecule has 0 bridgehead atoms. The molecule has 1 fully saturated rings. The van der Waals surface area contributed by atoms with Crippen molar-refractivity contribution >= 4 is 0 Å². The highest BCUT2D eigenvalue weighted by atomic mass is 16.3. The van der Waals surface area contributed by atoms with Gasteiger partial charge in [-0.1, -0.05) is 30.3 Å². The van der Waals surface area contributed by atoms with E-state index < -0.39 is 0 Å². The third-order valence-corrected chi connectivity index (χ3v) is 4.67. The highest BCUT2D eigenvalue weighted by Crippen LogP contribution is 2.45. The molecule has 0 radical (unpaired) electrons. The average Bonchev–Trinajstić information content (AvgIpc) is 2.89. The molecule has 2 nitrogen and oxygen atoms in total. The number of rotatable bonds is 0. The zero-order valence-corrected chi connectivity index (χ0v) is 10.8. The smallest absolute Gasteiger partial charge is 0.115 e. The molecule has 2 aromatic rings. The van der Waals surface area contributed by atoms with Crippen LogP contribution in [0.2, 0.25) is 0 Å². The molecule has 1 heterocycles. The summed E-state index contributed by atoms with van der Waals surface area (Å²) < 4.78 is 0. The van der Waals surface area contributed by atoms with Crippen LogP contribution in [-0.2, 0) is 11.8 Å². The highest BCUT2D eigenvalue weighted by Gasteiger charge is 2.42. The van der Waals surface area contributed by atoms with Crippen LogP contribution >= 0.6 is 0 Å². The zero-order valence-electron chi connectivity index (χ0n) is 10.8. The van der Waals surface area contributed by atoms with Gasteiger partial charge in [-0.05, 0) is 53.8 Å². The Bertz CT molecular complexity index is 641. The predicted octanol–water partition coefficient (Wildman–Crippen LogP) is 2.58. The third-order valence-electron chi connectivity index (χ3n) is 4.67. The van der Waals surface area contributed by atoms with Gasteiger partial charge in [-0.2, -0.15) is 0 Å². The number of phenols is 1. The van der Waals surface area contributed by atoms with Gasteiger partial charge < -0.3 is 10.4 Å². The van der Waals surface area contributed by atoms with Gasteiger partial charge in [-0.15, -0.1) is 0 Å². The van der Waals surface area contributed by atoms with Gasteiger partial charge in [0, 0.05) is 12.0 Å². The first kappa shape index (κ1) is 11.1. The molecule has 2 aromatic carbocycles. The van der Waals surface area contributed by atoms with E-state index in [2.05, 4.69) is 35.6 Å². The molecule has 2 N–H and O–H groups in total. The first-order valence-corrected chi connectivity index (χ1v) is 6.91. The lowest BCUT2D eigenvalue weighted by Crippen LogP contribution is -2.35. The highest BCUT2D eigenvalue weighted by molar-refractivity contribution is 5.56. The fraction of sp³-hybridized carbons (Fsp3) is 0.294. The van der Waals surface area contributed by atoms with Gasteiger partial charge in [-0.25, -0.2) is 0 Å². The molecule has 1 saturated heterocycles. The van der Waals surface area contributed by atoms with E-state index in [0.717, 1.165) is 25.9 Å². The van der Waals surface area contributed by atoms with Crippen molar-refractivity contribution < 1.29 is 5.11 Å². The van der Waals surface area contributed by atoms with E-state index in [9.17, 15) is 5.11 Å². The van der Waals surface area contributed by atoms with Crippen molar-refractivity contribution in [1.29, 1.82) is 0 Å². The van der Waals surface area contributed by atoms with Gasteiger partial charge in [0.05, 0.1) is 0 Å². The molecule has 2 aliphatic rings. The molecule has 0 amide bonds. The second-order valence-corrected chi connectivity index (χ2v) is 5.68. The van der Waals surface area contributed by atoms with E-state index in [1.54, 1.807) is 0 Å². The van der Waals surface area contributed by atoms with Crippen molar-refractivity contribution in [2.24, 2.45) is 0 Å². The summed E-state index contributed by atoms with van der Waals surface area (Å²) in [6, 6.07) is 14.6. The molecule has 1 atom stereocenters. The van der Waals surface area contributed by atoms with Gasteiger partial charge in [0.15, 0.2) is 0 Å². The van der Waals surface area contributed by atoms with E-state index in [0.29, 0.717) is 5.75 Å². The fourth-order valence-corrected chi connectivity index (χ4v) is 3.84. The molecule has 19 heavy (non-hydrogen) atoms. The Morgan fingerprint density at radius 1 is 1.00 bits per heavy atom. The number of hydrogen-bond donors (Lipinski definition) is 2. The molecule has 1 spiro atoms. The van der Waals surface area contributed by atoms with E-state index in [1.165, 1.54) is 22.3 Å². The van der Waals surface area contributed by atoms with Crippen LogP contribution in [0.4, 0.5) is 0 Å². The molecule has 0 saturated carbocycles. The SMILES string of the molecule is Oc1ccc2c(c1)Cc1ccccc1C21CCNC1. The topological polar surface area (TPSA) is 32.3 Å². The summed E-state index contributed by atoms with van der Waals surface area (Å²) in [7, 11) is 0. The Morgan fingerprint density at radius 2 is 1.84 bits per heavy atom. The fourth-order valence-electron chi connectivity index (χ4n) is 3.84. The molecule has 2 heteroatoms. The van der Waals surface area contributed by atoms with Crippen LogP contribution in [0, 0.1) is 0 Å². The number of fused-ring (bicyclic) bond motifs is 4. The van der Waals surface area contributed by atoms with Crippen molar-refractivity contribution in [2.75, 3.05) is 13.1 Å². The Morgan fingerprint density at radius 3 is 2.68 bits per heavy atom. The molecule has 1 aliphatic heterocycles. The maximum absolute atomic E-state index is 9.75. The molecular formula is C17H17NO. The molecule has 0 aromatic heterocycles. The number of nitrogens with one attached hydrogen (secondary N) is 1. The average molecular weight is 251 g/mol. The first-order chi connectivity index (χ1) is 9.29. The third kappa shape index (κ3) is 1.47. The Balaban J connectivity index is 2.00.